The number of fused-ring (bicyclic) bond motifs is 1. The van der Waals surface area contributed by atoms with Crippen LogP contribution in [0.4, 0.5) is 0 Å². The average molecular weight is 242 g/mol. The van der Waals surface area contributed by atoms with Crippen molar-refractivity contribution < 1.29 is 4.79 Å². The first-order valence-electron chi connectivity index (χ1n) is 6.14. The van der Waals surface area contributed by atoms with Gasteiger partial charge >= 0.3 is 0 Å². The summed E-state index contributed by atoms with van der Waals surface area (Å²) < 4.78 is 0. The molecule has 0 atom stereocenters. The predicted molar refractivity (Wildman–Crippen MR) is 69.6 cm³/mol. The summed E-state index contributed by atoms with van der Waals surface area (Å²) in [5.41, 5.74) is 0.115. The van der Waals surface area contributed by atoms with Crippen LogP contribution in [0.25, 0.3) is 10.8 Å². The highest BCUT2D eigenvalue weighted by molar-refractivity contribution is 5.96. The molecule has 0 spiro atoms. The summed E-state index contributed by atoms with van der Waals surface area (Å²) in [6, 6.07) is 8.97. The van der Waals surface area contributed by atoms with Gasteiger partial charge in [0, 0.05) is 11.9 Å². The second-order valence-corrected chi connectivity index (χ2v) is 4.75. The number of carbonyl (C=O) groups excluding carboxylic acids is 1. The summed E-state index contributed by atoms with van der Waals surface area (Å²) in [7, 11) is 0. The van der Waals surface area contributed by atoms with Crippen molar-refractivity contribution in [2.45, 2.75) is 12.8 Å². The van der Waals surface area contributed by atoms with E-state index < -0.39 is 0 Å². The highest BCUT2D eigenvalue weighted by Gasteiger charge is 2.22. The quantitative estimate of drug-likeness (QED) is 0.860. The van der Waals surface area contributed by atoms with Crippen LogP contribution in [0.15, 0.2) is 35.1 Å². The fourth-order valence-electron chi connectivity index (χ4n) is 1.99. The number of benzene rings is 1. The van der Waals surface area contributed by atoms with Gasteiger partial charge in [0.05, 0.1) is 0 Å². The lowest BCUT2D eigenvalue weighted by molar-refractivity contribution is 0.0947. The minimum absolute atomic E-state index is 0.204. The molecule has 1 aromatic heterocycles. The Morgan fingerprint density at radius 3 is 2.89 bits per heavy atom. The first kappa shape index (κ1) is 11.0. The molecule has 0 unspecified atom stereocenters. The van der Waals surface area contributed by atoms with Crippen LogP contribution in [0.3, 0.4) is 0 Å². The Kier molecular flexibility index (Phi) is 2.63. The van der Waals surface area contributed by atoms with Crippen LogP contribution in [0.5, 0.6) is 0 Å². The Labute approximate surface area is 104 Å². The van der Waals surface area contributed by atoms with Gasteiger partial charge in [-0.1, -0.05) is 18.2 Å². The molecule has 2 N–H and O–H groups in total. The second-order valence-electron chi connectivity index (χ2n) is 4.75. The lowest BCUT2D eigenvalue weighted by Gasteiger charge is -2.05. The van der Waals surface area contributed by atoms with Crippen LogP contribution in [-0.4, -0.2) is 17.4 Å². The van der Waals surface area contributed by atoms with Crippen LogP contribution in [0, 0.1) is 5.92 Å². The molecule has 1 aliphatic rings. The molecule has 92 valence electrons. The van der Waals surface area contributed by atoms with Crippen molar-refractivity contribution in [3.05, 3.63) is 46.4 Å². The Morgan fingerprint density at radius 2 is 2.11 bits per heavy atom. The SMILES string of the molecule is O=C(NCC1CC1)c1cc2ccccc2c(=O)[nH]1. The summed E-state index contributed by atoms with van der Waals surface area (Å²) in [6.45, 7) is 0.702. The molecular weight excluding hydrogens is 228 g/mol. The number of nitrogens with one attached hydrogen (secondary N) is 2. The molecule has 1 heterocycles. The Bertz CT molecular complexity index is 656. The number of carbonyl (C=O) groups is 1. The first-order valence-corrected chi connectivity index (χ1v) is 6.14. The van der Waals surface area contributed by atoms with Gasteiger partial charge in [0.15, 0.2) is 0 Å². The maximum atomic E-state index is 11.9. The average Bonchev–Trinajstić information content (AvgIpc) is 3.20. The Morgan fingerprint density at radius 1 is 1.33 bits per heavy atom. The van der Waals surface area contributed by atoms with E-state index >= 15 is 0 Å². The molecular formula is C14H14N2O2. The molecule has 4 nitrogen and oxygen atoms in total. The highest BCUT2D eigenvalue weighted by atomic mass is 16.2. The van der Waals surface area contributed by atoms with Crippen LogP contribution < -0.4 is 10.9 Å². The van der Waals surface area contributed by atoms with Crippen molar-refractivity contribution in [2.24, 2.45) is 5.92 Å². The third kappa shape index (κ3) is 2.14. The van der Waals surface area contributed by atoms with Crippen LogP contribution in [0.1, 0.15) is 23.3 Å². The van der Waals surface area contributed by atoms with Gasteiger partial charge in [-0.15, -0.1) is 0 Å². The van der Waals surface area contributed by atoms with Gasteiger partial charge in [-0.3, -0.25) is 9.59 Å². The molecule has 0 radical (unpaired) electrons. The number of amides is 1. The monoisotopic (exact) mass is 242 g/mol. The lowest BCUT2D eigenvalue weighted by Crippen LogP contribution is -2.28. The number of pyridine rings is 1. The van der Waals surface area contributed by atoms with E-state index in [0.29, 0.717) is 23.5 Å². The summed E-state index contributed by atoms with van der Waals surface area (Å²) >= 11 is 0. The van der Waals surface area contributed by atoms with E-state index in [-0.39, 0.29) is 11.5 Å². The van der Waals surface area contributed by atoms with E-state index in [1.54, 1.807) is 12.1 Å². The molecule has 0 bridgehead atoms. The van der Waals surface area contributed by atoms with Crippen LogP contribution in [0.2, 0.25) is 0 Å². The molecule has 2 aromatic rings. The predicted octanol–water partition coefficient (Wildman–Crippen LogP) is 1.67. The maximum absolute atomic E-state index is 11.9. The third-order valence-corrected chi connectivity index (χ3v) is 3.25. The van der Waals surface area contributed by atoms with Crippen molar-refractivity contribution >= 4 is 16.7 Å². The molecule has 0 saturated heterocycles. The van der Waals surface area contributed by atoms with Crippen molar-refractivity contribution in [1.82, 2.24) is 10.3 Å². The van der Waals surface area contributed by atoms with E-state index in [9.17, 15) is 9.59 Å². The molecule has 1 fully saturated rings. The van der Waals surface area contributed by atoms with Gasteiger partial charge in [-0.25, -0.2) is 0 Å². The van der Waals surface area contributed by atoms with E-state index in [2.05, 4.69) is 10.3 Å². The number of H-pyrrole nitrogens is 1. The Balaban J connectivity index is 1.91. The molecule has 0 aliphatic heterocycles. The fraction of sp³-hybridized carbons (Fsp3) is 0.286. The summed E-state index contributed by atoms with van der Waals surface area (Å²) in [4.78, 5) is 26.3. The summed E-state index contributed by atoms with van der Waals surface area (Å²) in [5.74, 6) is 0.422. The molecule has 1 saturated carbocycles. The van der Waals surface area contributed by atoms with E-state index in [1.807, 2.05) is 18.2 Å². The zero-order valence-corrected chi connectivity index (χ0v) is 9.90. The molecule has 3 rings (SSSR count). The summed E-state index contributed by atoms with van der Waals surface area (Å²) in [5, 5.41) is 4.24. The van der Waals surface area contributed by atoms with E-state index in [4.69, 9.17) is 0 Å². The van der Waals surface area contributed by atoms with Gasteiger partial charge in [-0.2, -0.15) is 0 Å². The number of aromatic amines is 1. The Hall–Kier alpha value is -2.10. The van der Waals surface area contributed by atoms with Gasteiger partial charge in [0.1, 0.15) is 5.69 Å². The smallest absolute Gasteiger partial charge is 0.267 e. The van der Waals surface area contributed by atoms with Crippen molar-refractivity contribution in [3.8, 4) is 0 Å². The van der Waals surface area contributed by atoms with Gasteiger partial charge in [0.2, 0.25) is 0 Å². The van der Waals surface area contributed by atoms with Crippen molar-refractivity contribution in [1.29, 1.82) is 0 Å². The second kappa shape index (κ2) is 4.29. The number of hydrogen-bond acceptors (Lipinski definition) is 2. The zero-order chi connectivity index (χ0) is 12.5. The van der Waals surface area contributed by atoms with Crippen molar-refractivity contribution in [3.63, 3.8) is 0 Å². The third-order valence-electron chi connectivity index (χ3n) is 3.25. The highest BCUT2D eigenvalue weighted by Crippen LogP contribution is 2.27. The van der Waals surface area contributed by atoms with Gasteiger partial charge in [-0.05, 0) is 36.3 Å². The zero-order valence-electron chi connectivity index (χ0n) is 9.90. The number of rotatable bonds is 3. The molecule has 4 heteroatoms. The minimum Gasteiger partial charge on any atom is -0.350 e. The molecule has 18 heavy (non-hydrogen) atoms. The van der Waals surface area contributed by atoms with Gasteiger partial charge < -0.3 is 10.3 Å². The number of aromatic nitrogens is 1. The maximum Gasteiger partial charge on any atom is 0.267 e. The lowest BCUT2D eigenvalue weighted by atomic mass is 10.1. The minimum atomic E-state index is -0.218. The van der Waals surface area contributed by atoms with Crippen LogP contribution in [-0.2, 0) is 0 Å². The molecule has 1 amide bonds. The summed E-state index contributed by atoms with van der Waals surface area (Å²) in [6.07, 6.45) is 2.38. The van der Waals surface area contributed by atoms with Crippen LogP contribution >= 0.6 is 0 Å². The van der Waals surface area contributed by atoms with E-state index in [1.165, 1.54) is 12.8 Å². The van der Waals surface area contributed by atoms with Crippen molar-refractivity contribution in [2.75, 3.05) is 6.54 Å². The van der Waals surface area contributed by atoms with Gasteiger partial charge in [0.25, 0.3) is 11.5 Å². The largest absolute Gasteiger partial charge is 0.350 e. The topological polar surface area (TPSA) is 62.0 Å². The normalized spacial score (nSPS) is 14.7. The standard InChI is InChI=1S/C14H14N2O2/c17-13-11-4-2-1-3-10(11)7-12(16-13)14(18)15-8-9-5-6-9/h1-4,7,9H,5-6,8H2,(H,15,18)(H,16,17). The molecule has 1 aliphatic carbocycles. The fourth-order valence-corrected chi connectivity index (χ4v) is 1.99. The molecule has 1 aromatic carbocycles. The van der Waals surface area contributed by atoms with E-state index in [0.717, 1.165) is 5.39 Å². The first-order chi connectivity index (χ1) is 8.74. The number of hydrogen-bond donors (Lipinski definition) is 2.